The minimum atomic E-state index is -4.57. The van der Waals surface area contributed by atoms with E-state index in [4.69, 9.17) is 10.5 Å². The molecule has 2 atom stereocenters. The average Bonchev–Trinajstić information content (AvgIpc) is 2.43. The predicted octanol–water partition coefficient (Wildman–Crippen LogP) is 1.55. The van der Waals surface area contributed by atoms with Crippen molar-refractivity contribution >= 4 is 6.09 Å². The Kier molecular flexibility index (Phi) is 6.44. The summed E-state index contributed by atoms with van der Waals surface area (Å²) in [7, 11) is 0. The number of amides is 1. The first-order chi connectivity index (χ1) is 9.79. The summed E-state index contributed by atoms with van der Waals surface area (Å²) in [4.78, 5) is 11.3. The van der Waals surface area contributed by atoms with Gasteiger partial charge in [-0.2, -0.15) is 13.2 Å². The van der Waals surface area contributed by atoms with Gasteiger partial charge in [-0.3, -0.25) is 0 Å². The molecule has 0 radical (unpaired) electrons. The van der Waals surface area contributed by atoms with Gasteiger partial charge in [-0.1, -0.05) is 30.3 Å². The van der Waals surface area contributed by atoms with Gasteiger partial charge in [0.15, 0.2) is 0 Å². The largest absolute Gasteiger partial charge is 0.445 e. The van der Waals surface area contributed by atoms with Crippen LogP contribution in [0.15, 0.2) is 30.3 Å². The Morgan fingerprint density at radius 1 is 1.33 bits per heavy atom. The van der Waals surface area contributed by atoms with Gasteiger partial charge in [0.1, 0.15) is 12.6 Å². The fourth-order valence-electron chi connectivity index (χ4n) is 1.49. The van der Waals surface area contributed by atoms with Gasteiger partial charge in [-0.05, 0) is 12.0 Å². The number of nitrogens with two attached hydrogens (primary N) is 1. The van der Waals surface area contributed by atoms with Crippen molar-refractivity contribution in [3.63, 3.8) is 0 Å². The molecule has 0 aliphatic heterocycles. The zero-order valence-corrected chi connectivity index (χ0v) is 11.1. The highest BCUT2D eigenvalue weighted by atomic mass is 19.4. The van der Waals surface area contributed by atoms with Crippen LogP contribution in [0.4, 0.5) is 18.0 Å². The van der Waals surface area contributed by atoms with Crippen LogP contribution < -0.4 is 11.1 Å². The Balaban J connectivity index is 2.23. The molecule has 21 heavy (non-hydrogen) atoms. The molecule has 1 aromatic rings. The van der Waals surface area contributed by atoms with E-state index >= 15 is 0 Å². The predicted molar refractivity (Wildman–Crippen MR) is 69.3 cm³/mol. The normalized spacial score (nSPS) is 14.3. The highest BCUT2D eigenvalue weighted by Crippen LogP contribution is 2.21. The number of benzene rings is 1. The van der Waals surface area contributed by atoms with E-state index in [9.17, 15) is 23.1 Å². The molecular formula is C13H17F3N2O3. The number of alkyl carbamates (subject to hydrolysis) is 1. The highest BCUT2D eigenvalue weighted by Gasteiger charge is 2.37. The molecule has 0 saturated carbocycles. The fraction of sp³-hybridized carbons (Fsp3) is 0.462. The summed E-state index contributed by atoms with van der Waals surface area (Å²) < 4.78 is 41.3. The monoisotopic (exact) mass is 306 g/mol. The van der Waals surface area contributed by atoms with Crippen LogP contribution in [0.3, 0.4) is 0 Å². The van der Waals surface area contributed by atoms with Gasteiger partial charge in [0.2, 0.25) is 0 Å². The smallest absolute Gasteiger partial charge is 0.407 e. The molecule has 118 valence electrons. The number of halogens is 3. The topological polar surface area (TPSA) is 84.6 Å². The van der Waals surface area contributed by atoms with Gasteiger partial charge in [0.05, 0.1) is 6.10 Å². The first-order valence-electron chi connectivity index (χ1n) is 6.24. The van der Waals surface area contributed by atoms with Crippen LogP contribution in [0.25, 0.3) is 0 Å². The first kappa shape index (κ1) is 17.3. The minimum absolute atomic E-state index is 0.0326. The molecule has 0 aliphatic carbocycles. The quantitative estimate of drug-likeness (QED) is 0.744. The molecule has 0 bridgehead atoms. The number of hydrogen-bond donors (Lipinski definition) is 3. The second-order valence-electron chi connectivity index (χ2n) is 4.48. The number of nitrogens with one attached hydrogen (secondary N) is 1. The molecule has 0 aromatic heterocycles. The van der Waals surface area contributed by atoms with Crippen molar-refractivity contribution in [2.75, 3.05) is 6.54 Å². The number of carbonyl (C=O) groups is 1. The molecule has 1 aromatic carbocycles. The molecule has 0 spiro atoms. The summed E-state index contributed by atoms with van der Waals surface area (Å²) in [5.74, 6) is 0. The second-order valence-corrected chi connectivity index (χ2v) is 4.48. The summed E-state index contributed by atoms with van der Waals surface area (Å²) in [5.41, 5.74) is 5.63. The van der Waals surface area contributed by atoms with Crippen LogP contribution in [0.5, 0.6) is 0 Å². The highest BCUT2D eigenvalue weighted by molar-refractivity contribution is 5.67. The van der Waals surface area contributed by atoms with Crippen molar-refractivity contribution in [1.29, 1.82) is 0 Å². The third-order valence-electron chi connectivity index (χ3n) is 2.64. The van der Waals surface area contributed by atoms with E-state index in [1.54, 1.807) is 24.3 Å². The number of ether oxygens (including phenoxy) is 1. The lowest BCUT2D eigenvalue weighted by Gasteiger charge is -2.19. The Morgan fingerprint density at radius 3 is 2.52 bits per heavy atom. The van der Waals surface area contributed by atoms with E-state index in [1.807, 2.05) is 6.07 Å². The Labute approximate surface area is 119 Å². The van der Waals surface area contributed by atoms with Crippen LogP contribution in [0.2, 0.25) is 0 Å². The van der Waals surface area contributed by atoms with Crippen molar-refractivity contribution < 1.29 is 27.8 Å². The molecule has 1 rings (SSSR count). The van der Waals surface area contributed by atoms with Crippen molar-refractivity contribution in [2.45, 2.75) is 31.3 Å². The summed E-state index contributed by atoms with van der Waals surface area (Å²) in [5, 5.41) is 11.5. The number of carbonyl (C=O) groups excluding carboxylic acids is 1. The Morgan fingerprint density at radius 2 is 1.95 bits per heavy atom. The Bertz CT molecular complexity index is 440. The maximum atomic E-state index is 12.2. The molecule has 0 fully saturated rings. The van der Waals surface area contributed by atoms with Gasteiger partial charge in [0.25, 0.3) is 0 Å². The molecule has 4 N–H and O–H groups in total. The molecular weight excluding hydrogens is 289 g/mol. The summed E-state index contributed by atoms with van der Waals surface area (Å²) >= 11 is 0. The van der Waals surface area contributed by atoms with Crippen LogP contribution in [0.1, 0.15) is 12.0 Å². The molecule has 2 unspecified atom stereocenters. The lowest BCUT2D eigenvalue weighted by molar-refractivity contribution is -0.153. The van der Waals surface area contributed by atoms with Gasteiger partial charge in [-0.25, -0.2) is 4.79 Å². The van der Waals surface area contributed by atoms with Gasteiger partial charge >= 0.3 is 12.3 Å². The summed E-state index contributed by atoms with van der Waals surface area (Å²) in [6.07, 6.45) is -7.48. The van der Waals surface area contributed by atoms with Crippen LogP contribution >= 0.6 is 0 Å². The maximum absolute atomic E-state index is 12.2. The second kappa shape index (κ2) is 7.84. The van der Waals surface area contributed by atoms with Crippen LogP contribution in [0, 0.1) is 0 Å². The summed E-state index contributed by atoms with van der Waals surface area (Å²) in [6.45, 7) is -0.331. The van der Waals surface area contributed by atoms with Crippen LogP contribution in [-0.4, -0.2) is 36.1 Å². The SMILES string of the molecule is NC(CC(O)CNC(=O)OCc1ccccc1)C(F)(F)F. The Hall–Kier alpha value is -1.80. The molecule has 0 aliphatic rings. The van der Waals surface area contributed by atoms with E-state index in [2.05, 4.69) is 5.32 Å². The maximum Gasteiger partial charge on any atom is 0.407 e. The molecule has 0 saturated heterocycles. The first-order valence-corrected chi connectivity index (χ1v) is 6.24. The third-order valence-corrected chi connectivity index (χ3v) is 2.64. The van der Waals surface area contributed by atoms with Gasteiger partial charge in [-0.15, -0.1) is 0 Å². The zero-order valence-electron chi connectivity index (χ0n) is 11.1. The number of alkyl halides is 3. The zero-order chi connectivity index (χ0) is 15.9. The van der Waals surface area contributed by atoms with Gasteiger partial charge in [0, 0.05) is 6.54 Å². The van der Waals surface area contributed by atoms with Gasteiger partial charge < -0.3 is 20.9 Å². The van der Waals surface area contributed by atoms with E-state index in [0.717, 1.165) is 5.56 Å². The van der Waals surface area contributed by atoms with E-state index in [0.29, 0.717) is 0 Å². The number of hydrogen-bond acceptors (Lipinski definition) is 4. The fourth-order valence-corrected chi connectivity index (χ4v) is 1.49. The number of aliphatic hydroxyl groups is 1. The van der Waals surface area contributed by atoms with E-state index in [1.165, 1.54) is 0 Å². The van der Waals surface area contributed by atoms with Crippen molar-refractivity contribution in [3.05, 3.63) is 35.9 Å². The summed E-state index contributed by atoms with van der Waals surface area (Å²) in [6, 6.07) is 6.74. The van der Waals surface area contributed by atoms with E-state index in [-0.39, 0.29) is 13.2 Å². The molecule has 1 amide bonds. The lowest BCUT2D eigenvalue weighted by Crippen LogP contribution is -2.43. The van der Waals surface area contributed by atoms with Crippen molar-refractivity contribution in [3.8, 4) is 0 Å². The number of aliphatic hydroxyl groups excluding tert-OH is 1. The molecule has 0 heterocycles. The molecule has 5 nitrogen and oxygen atoms in total. The van der Waals surface area contributed by atoms with E-state index < -0.39 is 30.8 Å². The average molecular weight is 306 g/mol. The minimum Gasteiger partial charge on any atom is -0.445 e. The molecule has 8 heteroatoms. The van der Waals surface area contributed by atoms with Crippen LogP contribution in [-0.2, 0) is 11.3 Å². The lowest BCUT2D eigenvalue weighted by atomic mass is 10.1. The number of rotatable bonds is 6. The third kappa shape index (κ3) is 6.96. The standard InChI is InChI=1S/C13H17F3N2O3/c14-13(15,16)11(17)6-10(19)7-18-12(20)21-8-9-4-2-1-3-5-9/h1-5,10-11,19H,6-8,17H2,(H,18,20). The van der Waals surface area contributed by atoms with Crippen molar-refractivity contribution in [2.24, 2.45) is 5.73 Å². The van der Waals surface area contributed by atoms with Crippen molar-refractivity contribution in [1.82, 2.24) is 5.32 Å².